The molecule has 8 heteroatoms. The van der Waals surface area contributed by atoms with Crippen LogP contribution in [0.5, 0.6) is 0 Å². The fraction of sp³-hybridized carbons (Fsp3) is 0.0556. The Bertz CT molecular complexity index is 839. The first-order valence-corrected chi connectivity index (χ1v) is 8.67. The largest absolute Gasteiger partial charge is 0.298 e. The molecule has 26 heavy (non-hydrogen) atoms. The van der Waals surface area contributed by atoms with Gasteiger partial charge >= 0.3 is 0 Å². The van der Waals surface area contributed by atoms with Gasteiger partial charge in [-0.05, 0) is 47.6 Å². The van der Waals surface area contributed by atoms with Crippen molar-refractivity contribution < 1.29 is 9.59 Å². The van der Waals surface area contributed by atoms with Gasteiger partial charge in [0.05, 0.1) is 6.42 Å². The number of halogens is 2. The van der Waals surface area contributed by atoms with Crippen LogP contribution in [0.2, 0.25) is 10.0 Å². The highest BCUT2D eigenvalue weighted by atomic mass is 35.5. The first kappa shape index (κ1) is 19.9. The van der Waals surface area contributed by atoms with Crippen molar-refractivity contribution in [1.82, 2.24) is 16.2 Å². The molecule has 0 unspecified atom stereocenters. The van der Waals surface area contributed by atoms with E-state index in [0.717, 1.165) is 5.56 Å². The number of benzene rings is 2. The topological polar surface area (TPSA) is 70.2 Å². The molecular formula is C18H15Cl2N3O2S. The molecule has 0 aromatic heterocycles. The third kappa shape index (κ3) is 6.84. The first-order chi connectivity index (χ1) is 12.4. The third-order valence-electron chi connectivity index (χ3n) is 3.15. The van der Waals surface area contributed by atoms with Gasteiger partial charge in [-0.2, -0.15) is 0 Å². The van der Waals surface area contributed by atoms with Gasteiger partial charge in [-0.3, -0.25) is 25.8 Å². The van der Waals surface area contributed by atoms with Crippen molar-refractivity contribution in [2.24, 2.45) is 0 Å². The monoisotopic (exact) mass is 407 g/mol. The Morgan fingerprint density at radius 3 is 2.38 bits per heavy atom. The Balaban J connectivity index is 1.75. The Morgan fingerprint density at radius 1 is 1.00 bits per heavy atom. The minimum Gasteiger partial charge on any atom is -0.298 e. The van der Waals surface area contributed by atoms with Gasteiger partial charge < -0.3 is 0 Å². The van der Waals surface area contributed by atoms with Gasteiger partial charge in [0.25, 0.3) is 0 Å². The second kappa shape index (κ2) is 9.91. The Hall–Kier alpha value is -2.41. The SMILES string of the molecule is O=C(/C=C/c1ccccc1Cl)NC(=S)NNC(=O)Cc1ccc(Cl)cc1. The molecule has 0 bridgehead atoms. The second-order valence-corrected chi connectivity index (χ2v) is 6.40. The van der Waals surface area contributed by atoms with Crippen LogP contribution in [0.1, 0.15) is 11.1 Å². The van der Waals surface area contributed by atoms with Gasteiger partial charge in [-0.15, -0.1) is 0 Å². The van der Waals surface area contributed by atoms with Crippen LogP contribution >= 0.6 is 35.4 Å². The van der Waals surface area contributed by atoms with Crippen molar-refractivity contribution in [3.8, 4) is 0 Å². The number of amides is 2. The highest BCUT2D eigenvalue weighted by molar-refractivity contribution is 7.80. The van der Waals surface area contributed by atoms with Gasteiger partial charge in [-0.25, -0.2) is 0 Å². The minimum absolute atomic E-state index is 0.0248. The Kier molecular flexibility index (Phi) is 7.59. The maximum absolute atomic E-state index is 11.8. The van der Waals surface area contributed by atoms with Crippen LogP contribution < -0.4 is 16.2 Å². The number of thiocarbonyl (C=S) groups is 1. The molecule has 0 radical (unpaired) electrons. The number of carbonyl (C=O) groups excluding carboxylic acids is 2. The van der Waals surface area contributed by atoms with E-state index in [1.165, 1.54) is 6.08 Å². The van der Waals surface area contributed by atoms with E-state index in [2.05, 4.69) is 16.2 Å². The number of hydrogen-bond acceptors (Lipinski definition) is 3. The van der Waals surface area contributed by atoms with Crippen molar-refractivity contribution in [3.05, 3.63) is 75.8 Å². The molecule has 134 valence electrons. The minimum atomic E-state index is -0.450. The zero-order valence-electron chi connectivity index (χ0n) is 13.5. The van der Waals surface area contributed by atoms with Crippen LogP contribution in [-0.4, -0.2) is 16.9 Å². The van der Waals surface area contributed by atoms with Gasteiger partial charge in [0, 0.05) is 16.1 Å². The molecule has 5 nitrogen and oxygen atoms in total. The lowest BCUT2D eigenvalue weighted by Crippen LogP contribution is -2.48. The summed E-state index contributed by atoms with van der Waals surface area (Å²) >= 11 is 16.7. The molecule has 3 N–H and O–H groups in total. The van der Waals surface area contributed by atoms with E-state index in [1.807, 2.05) is 6.07 Å². The van der Waals surface area contributed by atoms with Crippen LogP contribution in [0, 0.1) is 0 Å². The summed E-state index contributed by atoms with van der Waals surface area (Å²) in [6.45, 7) is 0. The Morgan fingerprint density at radius 2 is 1.69 bits per heavy atom. The molecule has 0 aliphatic rings. The lowest BCUT2D eigenvalue weighted by molar-refractivity contribution is -0.121. The van der Waals surface area contributed by atoms with E-state index in [4.69, 9.17) is 35.4 Å². The number of carbonyl (C=O) groups is 2. The lowest BCUT2D eigenvalue weighted by Gasteiger charge is -2.09. The summed E-state index contributed by atoms with van der Waals surface area (Å²) < 4.78 is 0. The number of hydrazine groups is 1. The van der Waals surface area contributed by atoms with Crippen molar-refractivity contribution in [2.45, 2.75) is 6.42 Å². The summed E-state index contributed by atoms with van der Waals surface area (Å²) in [5.41, 5.74) is 6.38. The maximum atomic E-state index is 11.8. The average molecular weight is 408 g/mol. The van der Waals surface area contributed by atoms with Crippen LogP contribution in [0.4, 0.5) is 0 Å². The zero-order chi connectivity index (χ0) is 18.9. The first-order valence-electron chi connectivity index (χ1n) is 7.51. The normalized spacial score (nSPS) is 10.4. The summed E-state index contributed by atoms with van der Waals surface area (Å²) in [5.74, 6) is -0.759. The molecule has 0 atom stereocenters. The molecule has 0 heterocycles. The van der Waals surface area contributed by atoms with E-state index >= 15 is 0 Å². The summed E-state index contributed by atoms with van der Waals surface area (Å²) in [6.07, 6.45) is 3.01. The Labute approximate surface area is 166 Å². The van der Waals surface area contributed by atoms with E-state index in [-0.39, 0.29) is 17.4 Å². The standard InChI is InChI=1S/C18H15Cl2N3O2S/c19-14-8-5-12(6-9-14)11-17(25)22-23-18(26)21-16(24)10-7-13-3-1-2-4-15(13)20/h1-10H,11H2,(H,22,25)(H2,21,23,24,26)/b10-7+. The molecule has 0 aliphatic carbocycles. The van der Waals surface area contributed by atoms with Gasteiger partial charge in [0.1, 0.15) is 0 Å². The van der Waals surface area contributed by atoms with Crippen LogP contribution in [0.25, 0.3) is 6.08 Å². The van der Waals surface area contributed by atoms with Gasteiger partial charge in [0.2, 0.25) is 11.8 Å². The quantitative estimate of drug-likeness (QED) is 0.413. The molecule has 0 spiro atoms. The molecule has 2 rings (SSSR count). The number of hydrogen-bond donors (Lipinski definition) is 3. The van der Waals surface area contributed by atoms with E-state index < -0.39 is 5.91 Å². The van der Waals surface area contributed by atoms with E-state index in [9.17, 15) is 9.59 Å². The van der Waals surface area contributed by atoms with Gasteiger partial charge in [0.15, 0.2) is 5.11 Å². The van der Waals surface area contributed by atoms with Gasteiger partial charge in [-0.1, -0.05) is 53.5 Å². The molecule has 0 saturated heterocycles. The summed E-state index contributed by atoms with van der Waals surface area (Å²) in [6, 6.07) is 14.0. The molecular weight excluding hydrogens is 393 g/mol. The predicted molar refractivity (Wildman–Crippen MR) is 108 cm³/mol. The predicted octanol–water partition coefficient (Wildman–Crippen LogP) is 3.27. The van der Waals surface area contributed by atoms with E-state index in [0.29, 0.717) is 15.6 Å². The molecule has 2 amide bonds. The second-order valence-electron chi connectivity index (χ2n) is 5.15. The highest BCUT2D eigenvalue weighted by Gasteiger charge is 2.05. The molecule has 0 fully saturated rings. The fourth-order valence-corrected chi connectivity index (χ4v) is 2.40. The van der Waals surface area contributed by atoms with Crippen LogP contribution in [0.15, 0.2) is 54.6 Å². The number of rotatable bonds is 4. The smallest absolute Gasteiger partial charge is 0.250 e. The fourth-order valence-electron chi connectivity index (χ4n) is 1.92. The number of nitrogens with one attached hydrogen (secondary N) is 3. The highest BCUT2D eigenvalue weighted by Crippen LogP contribution is 2.16. The lowest BCUT2D eigenvalue weighted by atomic mass is 10.1. The maximum Gasteiger partial charge on any atom is 0.250 e. The molecule has 2 aromatic carbocycles. The van der Waals surface area contributed by atoms with Crippen LogP contribution in [0.3, 0.4) is 0 Å². The van der Waals surface area contributed by atoms with Crippen molar-refractivity contribution in [2.75, 3.05) is 0 Å². The third-order valence-corrected chi connectivity index (χ3v) is 3.95. The van der Waals surface area contributed by atoms with E-state index in [1.54, 1.807) is 48.5 Å². The molecule has 0 aliphatic heterocycles. The summed E-state index contributed by atoms with van der Waals surface area (Å²) in [7, 11) is 0. The summed E-state index contributed by atoms with van der Waals surface area (Å²) in [4.78, 5) is 23.6. The summed E-state index contributed by atoms with van der Waals surface area (Å²) in [5, 5.41) is 3.52. The average Bonchev–Trinajstić information content (AvgIpc) is 2.61. The molecule has 2 aromatic rings. The van der Waals surface area contributed by atoms with Crippen molar-refractivity contribution in [1.29, 1.82) is 0 Å². The van der Waals surface area contributed by atoms with Crippen molar-refractivity contribution >= 4 is 58.4 Å². The zero-order valence-corrected chi connectivity index (χ0v) is 15.8. The van der Waals surface area contributed by atoms with Crippen molar-refractivity contribution in [3.63, 3.8) is 0 Å². The molecule has 0 saturated carbocycles. The van der Waals surface area contributed by atoms with Crippen LogP contribution in [-0.2, 0) is 16.0 Å².